The number of nitrogens with one attached hydrogen (secondary N) is 1. The van der Waals surface area contributed by atoms with Gasteiger partial charge in [-0.1, -0.05) is 0 Å². The van der Waals surface area contributed by atoms with E-state index in [0.717, 1.165) is 6.92 Å². The summed E-state index contributed by atoms with van der Waals surface area (Å²) in [5.41, 5.74) is 0.421. The van der Waals surface area contributed by atoms with Crippen LogP contribution in [-0.4, -0.2) is 42.6 Å². The van der Waals surface area contributed by atoms with Crippen LogP contribution < -0.4 is 11.3 Å². The van der Waals surface area contributed by atoms with Gasteiger partial charge >= 0.3 is 0 Å². The third-order valence-electron chi connectivity index (χ3n) is 4.06. The molecule has 2 aromatic rings. The predicted octanol–water partition coefficient (Wildman–Crippen LogP) is 0.0754. The molecule has 0 bridgehead atoms. The molecule has 1 aliphatic carbocycles. The zero-order valence-corrected chi connectivity index (χ0v) is 10.6. The number of aliphatic hydroxyl groups is 1. The van der Waals surface area contributed by atoms with Crippen LogP contribution in [0.1, 0.15) is 19.4 Å². The van der Waals surface area contributed by atoms with E-state index in [9.17, 15) is 13.6 Å². The lowest BCUT2D eigenvalue weighted by Gasteiger charge is -2.52. The number of alkyl halides is 2. The number of hydrogen-bond donors (Lipinski definition) is 3. The Bertz CT molecular complexity index is 740. The third-order valence-corrected chi connectivity index (χ3v) is 4.06. The molecule has 0 radical (unpaired) electrons. The van der Waals surface area contributed by atoms with E-state index in [2.05, 4.69) is 15.0 Å². The Morgan fingerprint density at radius 2 is 2.35 bits per heavy atom. The lowest BCUT2D eigenvalue weighted by Crippen LogP contribution is -2.64. The summed E-state index contributed by atoms with van der Waals surface area (Å²) in [6, 6.07) is -0.904. The number of nitrogen functional groups attached to an aromatic ring is 1. The fraction of sp³-hybridized carbons (Fsp3) is 0.545. The minimum atomic E-state index is -2.30. The van der Waals surface area contributed by atoms with Gasteiger partial charge in [-0.05, 0) is 6.92 Å². The second-order valence-electron chi connectivity index (χ2n) is 5.19. The van der Waals surface area contributed by atoms with E-state index < -0.39 is 29.5 Å². The maximum atomic E-state index is 14.5. The number of aliphatic hydroxyl groups excluding tert-OH is 1. The van der Waals surface area contributed by atoms with Crippen molar-refractivity contribution in [2.45, 2.75) is 30.7 Å². The molecule has 0 saturated heterocycles. The minimum Gasteiger partial charge on any atom is -0.393 e. The normalized spacial score (nSPS) is 33.3. The van der Waals surface area contributed by atoms with Crippen molar-refractivity contribution in [3.8, 4) is 0 Å². The molecule has 108 valence electrons. The summed E-state index contributed by atoms with van der Waals surface area (Å²) < 4.78 is 29.8. The quantitative estimate of drug-likeness (QED) is 0.723. The number of H-pyrrole nitrogens is 1. The number of nitrogens with two attached hydrogens (primary N) is 1. The molecule has 4 N–H and O–H groups in total. The van der Waals surface area contributed by atoms with E-state index in [1.54, 1.807) is 0 Å². The largest absolute Gasteiger partial charge is 0.393 e. The van der Waals surface area contributed by atoms with E-state index in [-0.39, 0.29) is 23.5 Å². The number of imidazole rings is 1. The first-order valence-electron chi connectivity index (χ1n) is 6.01. The van der Waals surface area contributed by atoms with E-state index in [1.807, 2.05) is 0 Å². The Labute approximate surface area is 111 Å². The van der Waals surface area contributed by atoms with Crippen LogP contribution >= 0.6 is 0 Å². The highest BCUT2D eigenvalue weighted by atomic mass is 19.2. The van der Waals surface area contributed by atoms with Crippen molar-refractivity contribution in [1.82, 2.24) is 19.5 Å². The van der Waals surface area contributed by atoms with Crippen LogP contribution in [0.5, 0.6) is 0 Å². The van der Waals surface area contributed by atoms with Crippen LogP contribution in [0.25, 0.3) is 11.2 Å². The SMILES string of the molecule is C[C@@]1(F)[C@H](n2cnc3c(=O)[nH]c(N)nc32)C[C@]1(F)CO. The van der Waals surface area contributed by atoms with Crippen molar-refractivity contribution >= 4 is 17.1 Å². The molecule has 0 aromatic carbocycles. The first-order chi connectivity index (χ1) is 9.30. The minimum absolute atomic E-state index is 0.00959. The molecule has 0 unspecified atom stereocenters. The summed E-state index contributed by atoms with van der Waals surface area (Å²) in [7, 11) is 0. The van der Waals surface area contributed by atoms with Crippen LogP contribution in [-0.2, 0) is 0 Å². The molecule has 7 nitrogen and oxygen atoms in total. The van der Waals surface area contributed by atoms with E-state index in [0.29, 0.717) is 0 Å². The van der Waals surface area contributed by atoms with Gasteiger partial charge in [-0.25, -0.2) is 13.8 Å². The van der Waals surface area contributed by atoms with Gasteiger partial charge in [-0.3, -0.25) is 9.78 Å². The molecule has 9 heteroatoms. The molecule has 3 atom stereocenters. The van der Waals surface area contributed by atoms with Crippen molar-refractivity contribution in [2.75, 3.05) is 12.3 Å². The summed E-state index contributed by atoms with van der Waals surface area (Å²) in [6.45, 7) is 0.166. The Kier molecular flexibility index (Phi) is 2.43. The summed E-state index contributed by atoms with van der Waals surface area (Å²) in [5, 5.41) is 8.97. The van der Waals surface area contributed by atoms with Crippen molar-refractivity contribution in [3.05, 3.63) is 16.7 Å². The van der Waals surface area contributed by atoms with Crippen LogP contribution in [0.2, 0.25) is 0 Å². The molecule has 1 fully saturated rings. The summed E-state index contributed by atoms with van der Waals surface area (Å²) in [6.07, 6.45) is 1.00. The Hall–Kier alpha value is -2.03. The topological polar surface area (TPSA) is 110 Å². The molecule has 1 saturated carbocycles. The zero-order chi connectivity index (χ0) is 14.7. The van der Waals surface area contributed by atoms with E-state index in [1.165, 1.54) is 10.9 Å². The van der Waals surface area contributed by atoms with Crippen LogP contribution in [0.15, 0.2) is 11.1 Å². The van der Waals surface area contributed by atoms with Crippen molar-refractivity contribution < 1.29 is 13.9 Å². The Morgan fingerprint density at radius 3 is 2.95 bits per heavy atom. The first kappa shape index (κ1) is 13.0. The second kappa shape index (κ2) is 3.75. The molecule has 3 rings (SSSR count). The highest BCUT2D eigenvalue weighted by molar-refractivity contribution is 5.70. The third kappa shape index (κ3) is 1.43. The van der Waals surface area contributed by atoms with Crippen molar-refractivity contribution in [1.29, 1.82) is 0 Å². The van der Waals surface area contributed by atoms with Crippen LogP contribution in [0.3, 0.4) is 0 Å². The number of aromatic nitrogens is 4. The second-order valence-corrected chi connectivity index (χ2v) is 5.19. The molecule has 0 spiro atoms. The van der Waals surface area contributed by atoms with Crippen molar-refractivity contribution in [2.24, 2.45) is 0 Å². The van der Waals surface area contributed by atoms with E-state index in [4.69, 9.17) is 10.8 Å². The number of halogens is 2. The number of fused-ring (bicyclic) bond motifs is 1. The fourth-order valence-electron chi connectivity index (χ4n) is 2.62. The van der Waals surface area contributed by atoms with Crippen LogP contribution in [0, 0.1) is 0 Å². The summed E-state index contributed by atoms with van der Waals surface area (Å²) in [4.78, 5) is 21.7. The van der Waals surface area contributed by atoms with Crippen LogP contribution in [0.4, 0.5) is 14.7 Å². The molecule has 0 aliphatic heterocycles. The lowest BCUT2D eigenvalue weighted by atomic mass is 9.65. The molecule has 2 heterocycles. The number of rotatable bonds is 2. The highest BCUT2D eigenvalue weighted by Gasteiger charge is 2.66. The standard InChI is InChI=1S/C11H13F2N5O2/c1-10(12)5(2-11(10,13)3-19)18-4-15-6-7(18)16-9(14)17-8(6)20/h4-5,19H,2-3H2,1H3,(H3,14,16,17,20)/t5-,10-,11+/m1/s1. The molecular formula is C11H13F2N5O2. The molecule has 0 amide bonds. The number of anilines is 1. The van der Waals surface area contributed by atoms with Gasteiger partial charge in [0.2, 0.25) is 5.95 Å². The van der Waals surface area contributed by atoms with Gasteiger partial charge in [0.05, 0.1) is 19.0 Å². The predicted molar refractivity (Wildman–Crippen MR) is 66.7 cm³/mol. The summed E-state index contributed by atoms with van der Waals surface area (Å²) in [5.74, 6) is -0.127. The molecule has 1 aliphatic rings. The number of hydrogen-bond acceptors (Lipinski definition) is 5. The van der Waals surface area contributed by atoms with Crippen molar-refractivity contribution in [3.63, 3.8) is 0 Å². The van der Waals surface area contributed by atoms with Gasteiger partial charge < -0.3 is 15.4 Å². The number of nitrogens with zero attached hydrogens (tertiary/aromatic N) is 3. The average Bonchev–Trinajstić information content (AvgIpc) is 2.78. The first-order valence-corrected chi connectivity index (χ1v) is 6.01. The molecule has 20 heavy (non-hydrogen) atoms. The fourth-order valence-corrected chi connectivity index (χ4v) is 2.62. The Balaban J connectivity index is 2.12. The monoisotopic (exact) mass is 285 g/mol. The van der Waals surface area contributed by atoms with Gasteiger partial charge in [-0.2, -0.15) is 4.98 Å². The average molecular weight is 285 g/mol. The van der Waals surface area contributed by atoms with E-state index >= 15 is 0 Å². The summed E-state index contributed by atoms with van der Waals surface area (Å²) >= 11 is 0. The van der Waals surface area contributed by atoms with Gasteiger partial charge in [-0.15, -0.1) is 0 Å². The van der Waals surface area contributed by atoms with Gasteiger partial charge in [0.15, 0.2) is 22.5 Å². The lowest BCUT2D eigenvalue weighted by molar-refractivity contribution is -0.176. The molecule has 2 aromatic heterocycles. The van der Waals surface area contributed by atoms with Gasteiger partial charge in [0, 0.05) is 6.42 Å². The Morgan fingerprint density at radius 1 is 1.65 bits per heavy atom. The van der Waals surface area contributed by atoms with Gasteiger partial charge in [0.25, 0.3) is 5.56 Å². The highest BCUT2D eigenvalue weighted by Crippen LogP contribution is 2.55. The zero-order valence-electron chi connectivity index (χ0n) is 10.6. The maximum Gasteiger partial charge on any atom is 0.280 e. The maximum absolute atomic E-state index is 14.5. The number of aromatic amines is 1. The van der Waals surface area contributed by atoms with Gasteiger partial charge in [0.1, 0.15) is 0 Å². The smallest absolute Gasteiger partial charge is 0.280 e. The molecular weight excluding hydrogens is 272 g/mol.